The first-order valence-corrected chi connectivity index (χ1v) is 9.66. The van der Waals surface area contributed by atoms with Crippen molar-refractivity contribution in [2.24, 2.45) is 0 Å². The zero-order valence-corrected chi connectivity index (χ0v) is 15.5. The third-order valence-electron chi connectivity index (χ3n) is 3.39. The molecule has 0 N–H and O–H groups in total. The highest BCUT2D eigenvalue weighted by Gasteiger charge is 2.32. The van der Waals surface area contributed by atoms with Gasteiger partial charge < -0.3 is 9.47 Å². The monoisotopic (exact) mass is 391 g/mol. The third kappa shape index (κ3) is 4.01. The molecule has 124 valence electrons. The molecule has 7 heteroatoms. The third-order valence-corrected chi connectivity index (χ3v) is 5.87. The molecule has 1 heterocycles. The predicted molar refractivity (Wildman–Crippen MR) is 88.7 cm³/mol. The molecule has 2 rings (SSSR count). The summed E-state index contributed by atoms with van der Waals surface area (Å²) in [6.07, 6.45) is 0.650. The van der Waals surface area contributed by atoms with Crippen LogP contribution in [0.15, 0.2) is 27.6 Å². The maximum Gasteiger partial charge on any atom is 0.243 e. The normalized spacial score (nSPS) is 23.5. The lowest BCUT2D eigenvalue weighted by molar-refractivity contribution is -0.0440. The van der Waals surface area contributed by atoms with Crippen molar-refractivity contribution in [1.29, 1.82) is 0 Å². The van der Waals surface area contributed by atoms with E-state index in [-0.39, 0.29) is 17.1 Å². The molecule has 1 aliphatic rings. The van der Waals surface area contributed by atoms with E-state index >= 15 is 0 Å². The fourth-order valence-corrected chi connectivity index (χ4v) is 4.41. The summed E-state index contributed by atoms with van der Waals surface area (Å²) >= 11 is 3.39. The SMILES string of the molecule is CCCOc1cc(S(=O)(=O)N2C[C@H](C)O[C@@H](C)C2)ccc1Br. The zero-order chi connectivity index (χ0) is 16.3. The average molecular weight is 392 g/mol. The summed E-state index contributed by atoms with van der Waals surface area (Å²) in [7, 11) is -3.54. The zero-order valence-electron chi connectivity index (χ0n) is 13.1. The van der Waals surface area contributed by atoms with Gasteiger partial charge in [-0.25, -0.2) is 8.42 Å². The molecular weight excluding hydrogens is 370 g/mol. The molecule has 22 heavy (non-hydrogen) atoms. The van der Waals surface area contributed by atoms with Crippen LogP contribution in [-0.4, -0.2) is 44.6 Å². The summed E-state index contributed by atoms with van der Waals surface area (Å²) in [5.41, 5.74) is 0. The maximum atomic E-state index is 12.8. The van der Waals surface area contributed by atoms with E-state index in [1.165, 1.54) is 4.31 Å². The van der Waals surface area contributed by atoms with Crippen molar-refractivity contribution < 1.29 is 17.9 Å². The molecule has 0 amide bonds. The largest absolute Gasteiger partial charge is 0.492 e. The molecule has 0 unspecified atom stereocenters. The van der Waals surface area contributed by atoms with Crippen LogP contribution in [0.3, 0.4) is 0 Å². The van der Waals surface area contributed by atoms with Gasteiger partial charge in [-0.3, -0.25) is 0 Å². The first-order valence-electron chi connectivity index (χ1n) is 7.42. The Balaban J connectivity index is 2.29. The summed E-state index contributed by atoms with van der Waals surface area (Å²) in [6, 6.07) is 4.90. The number of hydrogen-bond acceptors (Lipinski definition) is 4. The van der Waals surface area contributed by atoms with Gasteiger partial charge in [0, 0.05) is 19.2 Å². The van der Waals surface area contributed by atoms with Gasteiger partial charge in [0.1, 0.15) is 5.75 Å². The van der Waals surface area contributed by atoms with E-state index in [0.717, 1.165) is 10.9 Å². The first-order chi connectivity index (χ1) is 10.3. The van der Waals surface area contributed by atoms with Gasteiger partial charge in [-0.1, -0.05) is 6.92 Å². The van der Waals surface area contributed by atoms with E-state index in [9.17, 15) is 8.42 Å². The van der Waals surface area contributed by atoms with E-state index in [0.29, 0.717) is 25.4 Å². The summed E-state index contributed by atoms with van der Waals surface area (Å²) < 4.78 is 39.1. The highest BCUT2D eigenvalue weighted by molar-refractivity contribution is 9.10. The Labute approximate surface area is 140 Å². The van der Waals surface area contributed by atoms with Crippen LogP contribution in [0.25, 0.3) is 0 Å². The van der Waals surface area contributed by atoms with Crippen molar-refractivity contribution in [1.82, 2.24) is 4.31 Å². The Hall–Kier alpha value is -0.630. The quantitative estimate of drug-likeness (QED) is 0.773. The minimum atomic E-state index is -3.54. The van der Waals surface area contributed by atoms with Crippen molar-refractivity contribution in [2.45, 2.75) is 44.3 Å². The Kier molecular flexibility index (Phi) is 5.87. The van der Waals surface area contributed by atoms with Gasteiger partial charge in [0.25, 0.3) is 0 Å². The molecule has 0 radical (unpaired) electrons. The molecule has 1 aliphatic heterocycles. The van der Waals surface area contributed by atoms with E-state index in [4.69, 9.17) is 9.47 Å². The molecule has 1 fully saturated rings. The van der Waals surface area contributed by atoms with Gasteiger partial charge in [-0.15, -0.1) is 0 Å². The van der Waals surface area contributed by atoms with Crippen LogP contribution in [0.5, 0.6) is 5.75 Å². The van der Waals surface area contributed by atoms with Gasteiger partial charge >= 0.3 is 0 Å². The van der Waals surface area contributed by atoms with Crippen LogP contribution in [0.1, 0.15) is 27.2 Å². The van der Waals surface area contributed by atoms with E-state index in [2.05, 4.69) is 15.9 Å². The lowest BCUT2D eigenvalue weighted by Gasteiger charge is -2.34. The fraction of sp³-hybridized carbons (Fsp3) is 0.600. The molecule has 0 spiro atoms. The van der Waals surface area contributed by atoms with Crippen molar-refractivity contribution in [3.8, 4) is 5.75 Å². The smallest absolute Gasteiger partial charge is 0.243 e. The maximum absolute atomic E-state index is 12.8. The molecule has 0 saturated carbocycles. The number of ether oxygens (including phenoxy) is 2. The molecule has 1 saturated heterocycles. The number of nitrogens with zero attached hydrogens (tertiary/aromatic N) is 1. The molecule has 1 aromatic rings. The summed E-state index contributed by atoms with van der Waals surface area (Å²) in [5, 5.41) is 0. The Bertz CT molecular complexity index is 610. The number of hydrogen-bond donors (Lipinski definition) is 0. The molecule has 1 aromatic carbocycles. The molecule has 0 bridgehead atoms. The minimum Gasteiger partial charge on any atom is -0.492 e. The van der Waals surface area contributed by atoms with Gasteiger partial charge in [-0.05, 0) is 48.3 Å². The second kappa shape index (κ2) is 7.29. The average Bonchev–Trinajstić information content (AvgIpc) is 2.45. The summed E-state index contributed by atoms with van der Waals surface area (Å²) in [5.74, 6) is 0.553. The van der Waals surface area contributed by atoms with E-state index < -0.39 is 10.0 Å². The van der Waals surface area contributed by atoms with Crippen LogP contribution in [0.2, 0.25) is 0 Å². The van der Waals surface area contributed by atoms with Crippen LogP contribution in [-0.2, 0) is 14.8 Å². The topological polar surface area (TPSA) is 55.8 Å². The van der Waals surface area contributed by atoms with Crippen molar-refractivity contribution >= 4 is 26.0 Å². The van der Waals surface area contributed by atoms with Gasteiger partial charge in [-0.2, -0.15) is 4.31 Å². The van der Waals surface area contributed by atoms with Crippen LogP contribution in [0.4, 0.5) is 0 Å². The standard InChI is InChI=1S/C15H22BrNO4S/c1-4-7-20-15-8-13(5-6-14(15)16)22(18,19)17-9-11(2)21-12(3)10-17/h5-6,8,11-12H,4,7,9-10H2,1-3H3/t11-,12-/m0/s1. The minimum absolute atomic E-state index is 0.107. The number of sulfonamides is 1. The van der Waals surface area contributed by atoms with Crippen LogP contribution >= 0.6 is 15.9 Å². The van der Waals surface area contributed by atoms with Crippen molar-refractivity contribution in [3.05, 3.63) is 22.7 Å². The Morgan fingerprint density at radius 2 is 1.95 bits per heavy atom. The predicted octanol–water partition coefficient (Wildman–Crippen LogP) is 3.04. The second-order valence-electron chi connectivity index (χ2n) is 5.52. The van der Waals surface area contributed by atoms with Gasteiger partial charge in [0.05, 0.1) is 28.2 Å². The second-order valence-corrected chi connectivity index (χ2v) is 8.31. The van der Waals surface area contributed by atoms with Gasteiger partial charge in [0.15, 0.2) is 0 Å². The molecule has 0 aromatic heterocycles. The van der Waals surface area contributed by atoms with E-state index in [1.54, 1.807) is 18.2 Å². The number of rotatable bonds is 5. The lowest BCUT2D eigenvalue weighted by atomic mass is 10.3. The molecule has 0 aliphatic carbocycles. The number of benzene rings is 1. The number of halogens is 1. The molecule has 2 atom stereocenters. The fourth-order valence-electron chi connectivity index (χ4n) is 2.44. The summed E-state index contributed by atoms with van der Waals surface area (Å²) in [4.78, 5) is 0.253. The van der Waals surface area contributed by atoms with Crippen LogP contribution in [0, 0.1) is 0 Å². The Morgan fingerprint density at radius 3 is 2.55 bits per heavy atom. The number of morpholine rings is 1. The summed E-state index contributed by atoms with van der Waals surface area (Å²) in [6.45, 7) is 7.06. The van der Waals surface area contributed by atoms with Crippen LogP contribution < -0.4 is 4.74 Å². The highest BCUT2D eigenvalue weighted by atomic mass is 79.9. The van der Waals surface area contributed by atoms with Crippen molar-refractivity contribution in [2.75, 3.05) is 19.7 Å². The lowest BCUT2D eigenvalue weighted by Crippen LogP contribution is -2.48. The van der Waals surface area contributed by atoms with Crippen molar-refractivity contribution in [3.63, 3.8) is 0 Å². The molecule has 5 nitrogen and oxygen atoms in total. The van der Waals surface area contributed by atoms with Gasteiger partial charge in [0.2, 0.25) is 10.0 Å². The van der Waals surface area contributed by atoms with E-state index in [1.807, 2.05) is 20.8 Å². The Morgan fingerprint density at radius 1 is 1.32 bits per heavy atom. The molecular formula is C15H22BrNO4S. The first kappa shape index (κ1) is 17.7. The highest BCUT2D eigenvalue weighted by Crippen LogP contribution is 2.30.